The van der Waals surface area contributed by atoms with Gasteiger partial charge in [-0.15, -0.1) is 0 Å². The van der Waals surface area contributed by atoms with Gasteiger partial charge in [0.05, 0.1) is 6.42 Å². The van der Waals surface area contributed by atoms with Crippen molar-refractivity contribution in [3.05, 3.63) is 0 Å². The zero-order chi connectivity index (χ0) is 12.7. The lowest BCUT2D eigenvalue weighted by Gasteiger charge is -2.08. The predicted octanol–water partition coefficient (Wildman–Crippen LogP) is 1.31. The number of esters is 1. The lowest BCUT2D eigenvalue weighted by atomic mass is 10.1. The van der Waals surface area contributed by atoms with E-state index in [4.69, 9.17) is 4.74 Å². The van der Waals surface area contributed by atoms with Gasteiger partial charge >= 0.3 is 5.97 Å². The summed E-state index contributed by atoms with van der Waals surface area (Å²) in [6, 6.07) is 0. The fourth-order valence-electron chi connectivity index (χ4n) is 1.72. The summed E-state index contributed by atoms with van der Waals surface area (Å²) < 4.78 is 4.93. The van der Waals surface area contributed by atoms with Gasteiger partial charge in [0, 0.05) is 6.42 Å². The number of carbonyl (C=O) groups is 3. The molecule has 2 amide bonds. The molecule has 0 aliphatic carbocycles. The molecule has 1 heterocycles. The van der Waals surface area contributed by atoms with Crippen molar-refractivity contribution < 1.29 is 19.1 Å². The summed E-state index contributed by atoms with van der Waals surface area (Å²) in [5.74, 6) is -1.28. The van der Waals surface area contributed by atoms with Crippen LogP contribution in [0, 0.1) is 0 Å². The first-order valence-electron chi connectivity index (χ1n) is 6.16. The van der Waals surface area contributed by atoms with Crippen LogP contribution in [-0.4, -0.2) is 23.9 Å². The molecule has 1 N–H and O–H groups in total. The van der Waals surface area contributed by atoms with Gasteiger partial charge in [0.1, 0.15) is 0 Å². The number of nitrogens with one attached hydrogen (secondary N) is 1. The number of rotatable bonds is 7. The first-order chi connectivity index (χ1) is 8.13. The molecule has 0 aromatic rings. The first-order valence-corrected chi connectivity index (χ1v) is 6.16. The molecule has 96 valence electrons. The number of ether oxygens (including phenoxy) is 1. The Kier molecular flexibility index (Phi) is 5.66. The Balaban J connectivity index is 2.12. The van der Waals surface area contributed by atoms with Gasteiger partial charge in [-0.1, -0.05) is 32.6 Å². The molecule has 5 nitrogen and oxygen atoms in total. The average Bonchev–Trinajstić information content (AvgIpc) is 2.57. The van der Waals surface area contributed by atoms with Crippen LogP contribution in [0.2, 0.25) is 0 Å². The van der Waals surface area contributed by atoms with Crippen molar-refractivity contribution in [1.82, 2.24) is 5.32 Å². The van der Waals surface area contributed by atoms with Crippen molar-refractivity contribution in [3.63, 3.8) is 0 Å². The van der Waals surface area contributed by atoms with Crippen LogP contribution < -0.4 is 5.32 Å². The van der Waals surface area contributed by atoms with Gasteiger partial charge in [0.25, 0.3) is 5.91 Å². The maximum absolute atomic E-state index is 11.4. The molecular formula is C12H19NO4. The van der Waals surface area contributed by atoms with E-state index in [0.29, 0.717) is 6.42 Å². The van der Waals surface area contributed by atoms with E-state index in [0.717, 1.165) is 25.7 Å². The minimum atomic E-state index is -0.911. The second-order valence-electron chi connectivity index (χ2n) is 4.26. The number of amides is 2. The van der Waals surface area contributed by atoms with E-state index in [2.05, 4.69) is 12.2 Å². The number of carbonyl (C=O) groups excluding carboxylic acids is 3. The molecule has 1 saturated heterocycles. The van der Waals surface area contributed by atoms with Gasteiger partial charge in [0.15, 0.2) is 6.10 Å². The quantitative estimate of drug-likeness (QED) is 0.414. The van der Waals surface area contributed by atoms with E-state index in [1.54, 1.807) is 0 Å². The van der Waals surface area contributed by atoms with E-state index < -0.39 is 18.0 Å². The molecule has 1 fully saturated rings. The summed E-state index contributed by atoms with van der Waals surface area (Å²) in [5.41, 5.74) is 0. The largest absolute Gasteiger partial charge is 0.452 e. The van der Waals surface area contributed by atoms with Gasteiger partial charge in [-0.05, 0) is 6.42 Å². The zero-order valence-corrected chi connectivity index (χ0v) is 10.2. The Morgan fingerprint density at radius 3 is 2.59 bits per heavy atom. The highest BCUT2D eigenvalue weighted by Crippen LogP contribution is 2.10. The average molecular weight is 241 g/mol. The molecule has 0 bridgehead atoms. The normalized spacial score (nSPS) is 19.2. The third-order valence-electron chi connectivity index (χ3n) is 2.68. The van der Waals surface area contributed by atoms with Gasteiger partial charge in [-0.3, -0.25) is 19.7 Å². The third kappa shape index (κ3) is 4.97. The Bertz CT molecular complexity index is 301. The van der Waals surface area contributed by atoms with E-state index >= 15 is 0 Å². The molecule has 5 heteroatoms. The molecule has 1 aliphatic rings. The first kappa shape index (κ1) is 13.7. The molecule has 0 spiro atoms. The minimum Gasteiger partial charge on any atom is -0.452 e. The molecule has 0 saturated carbocycles. The van der Waals surface area contributed by atoms with Gasteiger partial charge in [-0.25, -0.2) is 0 Å². The second kappa shape index (κ2) is 7.04. The predicted molar refractivity (Wildman–Crippen MR) is 61.0 cm³/mol. The smallest absolute Gasteiger partial charge is 0.306 e. The zero-order valence-electron chi connectivity index (χ0n) is 10.2. The lowest BCUT2D eigenvalue weighted by Crippen LogP contribution is -2.28. The molecule has 0 aromatic carbocycles. The number of hydrogen-bond donors (Lipinski definition) is 1. The van der Waals surface area contributed by atoms with Crippen LogP contribution in [-0.2, 0) is 19.1 Å². The summed E-state index contributed by atoms with van der Waals surface area (Å²) in [5, 5.41) is 2.10. The van der Waals surface area contributed by atoms with Crippen molar-refractivity contribution >= 4 is 17.8 Å². The van der Waals surface area contributed by atoms with Crippen molar-refractivity contribution in [2.45, 2.75) is 58.0 Å². The van der Waals surface area contributed by atoms with Crippen LogP contribution in [0.15, 0.2) is 0 Å². The molecule has 1 unspecified atom stereocenters. The SMILES string of the molecule is CCCCCCCC(=O)OC1CC(=O)NC1=O. The van der Waals surface area contributed by atoms with Crippen LogP contribution in [0.25, 0.3) is 0 Å². The number of imide groups is 1. The van der Waals surface area contributed by atoms with Crippen LogP contribution in [0.1, 0.15) is 51.9 Å². The highest BCUT2D eigenvalue weighted by molar-refractivity contribution is 6.05. The summed E-state index contributed by atoms with van der Waals surface area (Å²) in [6.07, 6.45) is 4.60. The second-order valence-corrected chi connectivity index (χ2v) is 4.26. The number of hydrogen-bond acceptors (Lipinski definition) is 4. The van der Waals surface area contributed by atoms with E-state index in [9.17, 15) is 14.4 Å². The number of unbranched alkanes of at least 4 members (excludes halogenated alkanes) is 4. The molecule has 17 heavy (non-hydrogen) atoms. The minimum absolute atomic E-state index is 0.0413. The van der Waals surface area contributed by atoms with Crippen LogP contribution in [0.4, 0.5) is 0 Å². The van der Waals surface area contributed by atoms with E-state index in [1.165, 1.54) is 6.42 Å². The van der Waals surface area contributed by atoms with Crippen molar-refractivity contribution in [1.29, 1.82) is 0 Å². The van der Waals surface area contributed by atoms with Gasteiger partial charge in [-0.2, -0.15) is 0 Å². The van der Waals surface area contributed by atoms with Crippen LogP contribution >= 0.6 is 0 Å². The Morgan fingerprint density at radius 2 is 2.00 bits per heavy atom. The summed E-state index contributed by atoms with van der Waals surface area (Å²) in [7, 11) is 0. The summed E-state index contributed by atoms with van der Waals surface area (Å²) in [4.78, 5) is 33.4. The molecule has 1 atom stereocenters. The molecule has 1 rings (SSSR count). The van der Waals surface area contributed by atoms with Gasteiger partial charge in [0.2, 0.25) is 5.91 Å². The lowest BCUT2D eigenvalue weighted by molar-refractivity contribution is -0.154. The summed E-state index contributed by atoms with van der Waals surface area (Å²) >= 11 is 0. The maximum Gasteiger partial charge on any atom is 0.306 e. The van der Waals surface area contributed by atoms with Crippen molar-refractivity contribution in [2.75, 3.05) is 0 Å². The fraction of sp³-hybridized carbons (Fsp3) is 0.750. The molecule has 0 radical (unpaired) electrons. The fourth-order valence-corrected chi connectivity index (χ4v) is 1.72. The third-order valence-corrected chi connectivity index (χ3v) is 2.68. The Hall–Kier alpha value is -1.39. The van der Waals surface area contributed by atoms with Crippen molar-refractivity contribution in [2.24, 2.45) is 0 Å². The topological polar surface area (TPSA) is 72.5 Å². The molecule has 1 aliphatic heterocycles. The highest BCUT2D eigenvalue weighted by Gasteiger charge is 2.33. The van der Waals surface area contributed by atoms with E-state index in [-0.39, 0.29) is 12.3 Å². The van der Waals surface area contributed by atoms with Gasteiger partial charge < -0.3 is 4.74 Å². The summed E-state index contributed by atoms with van der Waals surface area (Å²) in [6.45, 7) is 2.13. The van der Waals surface area contributed by atoms with Crippen LogP contribution in [0.3, 0.4) is 0 Å². The van der Waals surface area contributed by atoms with Crippen LogP contribution in [0.5, 0.6) is 0 Å². The Labute approximate surface area is 101 Å². The maximum atomic E-state index is 11.4. The Morgan fingerprint density at radius 1 is 1.29 bits per heavy atom. The van der Waals surface area contributed by atoms with E-state index in [1.807, 2.05) is 0 Å². The van der Waals surface area contributed by atoms with Crippen molar-refractivity contribution in [3.8, 4) is 0 Å². The molecular weight excluding hydrogens is 222 g/mol. The monoisotopic (exact) mass is 241 g/mol. The standard InChI is InChI=1S/C12H19NO4/c1-2-3-4-5-6-7-11(15)17-9-8-10(14)13-12(9)16/h9H,2-8H2,1H3,(H,13,14,16). The highest BCUT2D eigenvalue weighted by atomic mass is 16.5. The molecule has 0 aromatic heterocycles.